The number of carbonyl (C=O) groups is 1. The lowest BCUT2D eigenvalue weighted by molar-refractivity contribution is -0.135. The summed E-state index contributed by atoms with van der Waals surface area (Å²) in [5.41, 5.74) is -0.486. The minimum atomic E-state index is -0.486. The normalized spacial score (nSPS) is 20.9. The Morgan fingerprint density at radius 1 is 1.50 bits per heavy atom. The molecule has 1 amide bonds. The first-order valence-electron chi connectivity index (χ1n) is 5.71. The number of ether oxygens (including phenoxy) is 1. The van der Waals surface area contributed by atoms with Crippen molar-refractivity contribution >= 4 is 6.09 Å². The Bertz CT molecular complexity index is 232. The average Bonchev–Trinajstić information content (AvgIpc) is 2.63. The predicted octanol–water partition coefficient (Wildman–Crippen LogP) is 1.54. The molecule has 1 rings (SSSR count). The van der Waals surface area contributed by atoms with Gasteiger partial charge in [-0.3, -0.25) is 4.84 Å². The van der Waals surface area contributed by atoms with Gasteiger partial charge < -0.3 is 10.1 Å². The maximum atomic E-state index is 11.5. The standard InChI is InChI=1S/C11H22N2O3/c1-11(2,3)16-10(14)13(4)15-8-9-6-5-7-12-9/h9,12H,5-8H2,1-4H3. The van der Waals surface area contributed by atoms with Gasteiger partial charge in [0.1, 0.15) is 5.60 Å². The van der Waals surface area contributed by atoms with Crippen molar-refractivity contribution in [3.05, 3.63) is 0 Å². The van der Waals surface area contributed by atoms with Crippen molar-refractivity contribution in [1.82, 2.24) is 10.4 Å². The second-order valence-electron chi connectivity index (χ2n) is 5.07. The smallest absolute Gasteiger partial charge is 0.434 e. The lowest BCUT2D eigenvalue weighted by atomic mass is 10.2. The summed E-state index contributed by atoms with van der Waals surface area (Å²) in [6, 6.07) is 0.352. The zero-order chi connectivity index (χ0) is 12.2. The van der Waals surface area contributed by atoms with E-state index < -0.39 is 11.7 Å². The average molecular weight is 230 g/mol. The van der Waals surface area contributed by atoms with E-state index in [2.05, 4.69) is 5.32 Å². The number of hydroxylamine groups is 2. The first-order valence-corrected chi connectivity index (χ1v) is 5.71. The van der Waals surface area contributed by atoms with Crippen LogP contribution in [0.1, 0.15) is 33.6 Å². The third-order valence-corrected chi connectivity index (χ3v) is 2.28. The number of hydrogen-bond donors (Lipinski definition) is 1. The molecule has 0 bridgehead atoms. The number of nitrogens with one attached hydrogen (secondary N) is 1. The monoisotopic (exact) mass is 230 g/mol. The quantitative estimate of drug-likeness (QED) is 0.747. The van der Waals surface area contributed by atoms with Gasteiger partial charge in [-0.05, 0) is 40.2 Å². The fourth-order valence-electron chi connectivity index (χ4n) is 1.48. The van der Waals surface area contributed by atoms with Crippen molar-refractivity contribution in [3.8, 4) is 0 Å². The van der Waals surface area contributed by atoms with E-state index in [0.717, 1.165) is 18.0 Å². The molecule has 1 saturated heterocycles. The predicted molar refractivity (Wildman–Crippen MR) is 61.0 cm³/mol. The highest BCUT2D eigenvalue weighted by Gasteiger charge is 2.21. The summed E-state index contributed by atoms with van der Waals surface area (Å²) in [7, 11) is 1.57. The van der Waals surface area contributed by atoms with Gasteiger partial charge >= 0.3 is 6.09 Å². The Morgan fingerprint density at radius 3 is 2.69 bits per heavy atom. The van der Waals surface area contributed by atoms with Crippen molar-refractivity contribution in [2.24, 2.45) is 0 Å². The molecule has 5 nitrogen and oxygen atoms in total. The molecule has 1 atom stereocenters. The molecule has 1 aliphatic heterocycles. The minimum absolute atomic E-state index is 0.352. The molecule has 94 valence electrons. The summed E-state index contributed by atoms with van der Waals surface area (Å²) >= 11 is 0. The molecule has 0 aromatic heterocycles. The van der Waals surface area contributed by atoms with E-state index in [0.29, 0.717) is 12.6 Å². The van der Waals surface area contributed by atoms with Gasteiger partial charge in [0, 0.05) is 13.1 Å². The van der Waals surface area contributed by atoms with Gasteiger partial charge in [-0.1, -0.05) is 0 Å². The van der Waals surface area contributed by atoms with E-state index in [4.69, 9.17) is 9.57 Å². The van der Waals surface area contributed by atoms with E-state index in [9.17, 15) is 4.79 Å². The van der Waals surface area contributed by atoms with Gasteiger partial charge in [0.2, 0.25) is 0 Å². The Labute approximate surface area is 97.0 Å². The highest BCUT2D eigenvalue weighted by Crippen LogP contribution is 2.10. The van der Waals surface area contributed by atoms with Crippen LogP contribution >= 0.6 is 0 Å². The molecular weight excluding hydrogens is 208 g/mol. The molecule has 0 aromatic rings. The molecule has 1 unspecified atom stereocenters. The maximum Gasteiger partial charge on any atom is 0.434 e. The zero-order valence-electron chi connectivity index (χ0n) is 10.6. The lowest BCUT2D eigenvalue weighted by Gasteiger charge is -2.24. The van der Waals surface area contributed by atoms with Gasteiger partial charge in [0.05, 0.1) is 6.61 Å². The molecule has 1 N–H and O–H groups in total. The number of amides is 1. The SMILES string of the molecule is CN(OCC1CCCN1)C(=O)OC(C)(C)C. The second kappa shape index (κ2) is 5.50. The van der Waals surface area contributed by atoms with Crippen LogP contribution in [0.4, 0.5) is 4.79 Å². The van der Waals surface area contributed by atoms with Crippen LogP contribution in [0.2, 0.25) is 0 Å². The molecule has 1 fully saturated rings. The van der Waals surface area contributed by atoms with Crippen molar-refractivity contribution in [1.29, 1.82) is 0 Å². The first-order chi connectivity index (χ1) is 7.38. The third kappa shape index (κ3) is 4.81. The summed E-state index contributed by atoms with van der Waals surface area (Å²) in [4.78, 5) is 16.9. The van der Waals surface area contributed by atoms with Crippen molar-refractivity contribution in [2.75, 3.05) is 20.2 Å². The van der Waals surface area contributed by atoms with E-state index >= 15 is 0 Å². The van der Waals surface area contributed by atoms with Gasteiger partial charge in [0.15, 0.2) is 0 Å². The maximum absolute atomic E-state index is 11.5. The molecule has 0 spiro atoms. The molecule has 0 aromatic carbocycles. The summed E-state index contributed by atoms with van der Waals surface area (Å²) in [6.07, 6.45) is 1.82. The highest BCUT2D eigenvalue weighted by molar-refractivity contribution is 5.66. The Balaban J connectivity index is 2.23. The largest absolute Gasteiger partial charge is 0.442 e. The highest BCUT2D eigenvalue weighted by atomic mass is 16.7. The first kappa shape index (κ1) is 13.3. The van der Waals surface area contributed by atoms with Gasteiger partial charge in [-0.15, -0.1) is 0 Å². The minimum Gasteiger partial charge on any atom is -0.442 e. The Morgan fingerprint density at radius 2 is 2.19 bits per heavy atom. The van der Waals surface area contributed by atoms with Crippen molar-refractivity contribution in [2.45, 2.75) is 45.3 Å². The number of hydrogen-bond acceptors (Lipinski definition) is 4. The molecule has 5 heteroatoms. The number of rotatable bonds is 3. The molecule has 1 aliphatic rings. The fraction of sp³-hybridized carbons (Fsp3) is 0.909. The Hall–Kier alpha value is -0.810. The molecule has 0 radical (unpaired) electrons. The van der Waals surface area contributed by atoms with Crippen LogP contribution in [0.3, 0.4) is 0 Å². The second-order valence-corrected chi connectivity index (χ2v) is 5.07. The van der Waals surface area contributed by atoms with Crippen molar-refractivity contribution < 1.29 is 14.4 Å². The Kier molecular flexibility index (Phi) is 4.56. The van der Waals surface area contributed by atoms with Crippen LogP contribution in [-0.4, -0.2) is 43.0 Å². The molecule has 0 saturated carbocycles. The van der Waals surface area contributed by atoms with Crippen LogP contribution in [0, 0.1) is 0 Å². The zero-order valence-corrected chi connectivity index (χ0v) is 10.6. The molecule has 0 aliphatic carbocycles. The molecule has 16 heavy (non-hydrogen) atoms. The van der Waals surface area contributed by atoms with Gasteiger partial charge in [-0.2, -0.15) is 5.06 Å². The van der Waals surface area contributed by atoms with E-state index in [1.165, 1.54) is 6.42 Å². The summed E-state index contributed by atoms with van der Waals surface area (Å²) in [5.74, 6) is 0. The van der Waals surface area contributed by atoms with Crippen LogP contribution in [0.15, 0.2) is 0 Å². The number of carbonyl (C=O) groups excluding carboxylic acids is 1. The number of nitrogens with zero attached hydrogens (tertiary/aromatic N) is 1. The third-order valence-electron chi connectivity index (χ3n) is 2.28. The van der Waals surface area contributed by atoms with E-state index in [1.807, 2.05) is 20.8 Å². The lowest BCUT2D eigenvalue weighted by Crippen LogP contribution is -2.37. The molecule has 1 heterocycles. The summed E-state index contributed by atoms with van der Waals surface area (Å²) in [5, 5.41) is 4.45. The van der Waals surface area contributed by atoms with Crippen LogP contribution in [-0.2, 0) is 9.57 Å². The topological polar surface area (TPSA) is 50.8 Å². The van der Waals surface area contributed by atoms with E-state index in [-0.39, 0.29) is 0 Å². The van der Waals surface area contributed by atoms with Gasteiger partial charge in [-0.25, -0.2) is 4.79 Å². The van der Waals surface area contributed by atoms with Crippen molar-refractivity contribution in [3.63, 3.8) is 0 Å². The summed E-state index contributed by atoms with van der Waals surface area (Å²) in [6.45, 7) is 7.03. The van der Waals surface area contributed by atoms with Crippen LogP contribution in [0.5, 0.6) is 0 Å². The van der Waals surface area contributed by atoms with E-state index in [1.54, 1.807) is 7.05 Å². The fourth-order valence-corrected chi connectivity index (χ4v) is 1.48. The van der Waals surface area contributed by atoms with Crippen LogP contribution < -0.4 is 5.32 Å². The van der Waals surface area contributed by atoms with Crippen LogP contribution in [0.25, 0.3) is 0 Å². The summed E-state index contributed by atoms with van der Waals surface area (Å²) < 4.78 is 5.16. The van der Waals surface area contributed by atoms with Gasteiger partial charge in [0.25, 0.3) is 0 Å². The molecular formula is C11H22N2O3.